The lowest BCUT2D eigenvalue weighted by atomic mass is 10.1. The number of ether oxygens (including phenoxy) is 2. The lowest BCUT2D eigenvalue weighted by Gasteiger charge is -1.97. The van der Waals surface area contributed by atoms with Crippen LogP contribution in [0.25, 0.3) is 6.08 Å². The third-order valence-electron chi connectivity index (χ3n) is 2.65. The second-order valence-corrected chi connectivity index (χ2v) is 3.97. The maximum atomic E-state index is 10.1. The first kappa shape index (κ1) is 11.7. The molecule has 0 spiro atoms. The van der Waals surface area contributed by atoms with Gasteiger partial charge in [0.1, 0.15) is 6.29 Å². The van der Waals surface area contributed by atoms with E-state index in [2.05, 4.69) is 12.2 Å². The zero-order valence-corrected chi connectivity index (χ0v) is 9.72. The minimum absolute atomic E-state index is 0.314. The van der Waals surface area contributed by atoms with Crippen LogP contribution in [0, 0.1) is 0 Å². The van der Waals surface area contributed by atoms with Gasteiger partial charge in [-0.15, -0.1) is 0 Å². The van der Waals surface area contributed by atoms with Crippen LogP contribution in [-0.4, -0.2) is 13.1 Å². The van der Waals surface area contributed by atoms with Gasteiger partial charge < -0.3 is 14.3 Å². The summed E-state index contributed by atoms with van der Waals surface area (Å²) < 4.78 is 10.5. The molecule has 0 radical (unpaired) electrons. The van der Waals surface area contributed by atoms with Crippen LogP contribution in [-0.2, 0) is 4.79 Å². The van der Waals surface area contributed by atoms with Crippen molar-refractivity contribution in [2.24, 2.45) is 0 Å². The van der Waals surface area contributed by atoms with E-state index >= 15 is 0 Å². The summed E-state index contributed by atoms with van der Waals surface area (Å²) in [6.45, 7) is 0.314. The molecule has 1 aromatic carbocycles. The summed E-state index contributed by atoms with van der Waals surface area (Å²) in [5.74, 6) is 1.63. The zero-order chi connectivity index (χ0) is 11.9. The van der Waals surface area contributed by atoms with E-state index in [1.54, 1.807) is 0 Å². The Hall–Kier alpha value is -1.77. The first-order valence-electron chi connectivity index (χ1n) is 5.90. The van der Waals surface area contributed by atoms with Crippen molar-refractivity contribution in [1.82, 2.24) is 0 Å². The van der Waals surface area contributed by atoms with Crippen LogP contribution in [0.2, 0.25) is 0 Å². The first-order chi connectivity index (χ1) is 8.40. The van der Waals surface area contributed by atoms with Crippen molar-refractivity contribution < 1.29 is 14.3 Å². The SMILES string of the molecule is O=CCCCCC=Cc1ccc2c(c1)OCO2. The summed E-state index contributed by atoms with van der Waals surface area (Å²) in [4.78, 5) is 10.1. The van der Waals surface area contributed by atoms with Crippen LogP contribution in [0.3, 0.4) is 0 Å². The fourth-order valence-corrected chi connectivity index (χ4v) is 1.73. The number of rotatable bonds is 6. The van der Waals surface area contributed by atoms with E-state index in [0.717, 1.165) is 42.6 Å². The Morgan fingerprint density at radius 2 is 1.94 bits per heavy atom. The van der Waals surface area contributed by atoms with Gasteiger partial charge in [0.15, 0.2) is 11.5 Å². The molecule has 0 fully saturated rings. The number of aldehydes is 1. The maximum absolute atomic E-state index is 10.1. The average molecular weight is 232 g/mol. The Bertz CT molecular complexity index is 410. The van der Waals surface area contributed by atoms with Crippen LogP contribution in [0.4, 0.5) is 0 Å². The fourth-order valence-electron chi connectivity index (χ4n) is 1.73. The van der Waals surface area contributed by atoms with Gasteiger partial charge in [-0.2, -0.15) is 0 Å². The fraction of sp³-hybridized carbons (Fsp3) is 0.357. The Kier molecular flexibility index (Phi) is 4.19. The zero-order valence-electron chi connectivity index (χ0n) is 9.72. The molecule has 1 aromatic rings. The number of hydrogen-bond acceptors (Lipinski definition) is 3. The number of carbonyl (C=O) groups excluding carboxylic acids is 1. The molecule has 17 heavy (non-hydrogen) atoms. The topological polar surface area (TPSA) is 35.5 Å². The van der Waals surface area contributed by atoms with Gasteiger partial charge in [-0.05, 0) is 37.0 Å². The normalized spacial score (nSPS) is 13.2. The number of unbranched alkanes of at least 4 members (excludes halogenated alkanes) is 3. The number of fused-ring (bicyclic) bond motifs is 1. The molecule has 0 bridgehead atoms. The van der Waals surface area contributed by atoms with Gasteiger partial charge in [-0.3, -0.25) is 0 Å². The summed E-state index contributed by atoms with van der Waals surface area (Å²) in [5.41, 5.74) is 1.12. The molecule has 0 unspecified atom stereocenters. The van der Waals surface area contributed by atoms with Crippen molar-refractivity contribution in [1.29, 1.82) is 0 Å². The Labute approximate surface area is 101 Å². The number of carbonyl (C=O) groups is 1. The molecule has 0 saturated heterocycles. The molecule has 0 amide bonds. The minimum Gasteiger partial charge on any atom is -0.454 e. The molecule has 0 aromatic heterocycles. The highest BCUT2D eigenvalue weighted by molar-refractivity contribution is 5.56. The third-order valence-corrected chi connectivity index (χ3v) is 2.65. The van der Waals surface area contributed by atoms with Crippen molar-refractivity contribution in [3.8, 4) is 11.5 Å². The Morgan fingerprint density at radius 3 is 2.82 bits per heavy atom. The Morgan fingerprint density at radius 1 is 1.12 bits per heavy atom. The molecule has 2 rings (SSSR count). The van der Waals surface area contributed by atoms with Crippen LogP contribution in [0.15, 0.2) is 24.3 Å². The number of benzene rings is 1. The van der Waals surface area contributed by atoms with Crippen LogP contribution in [0.5, 0.6) is 11.5 Å². The largest absolute Gasteiger partial charge is 0.454 e. The average Bonchev–Trinajstić information content (AvgIpc) is 2.81. The second-order valence-electron chi connectivity index (χ2n) is 3.97. The van der Waals surface area contributed by atoms with E-state index in [-0.39, 0.29) is 0 Å². The molecule has 0 saturated carbocycles. The van der Waals surface area contributed by atoms with Gasteiger partial charge in [-0.25, -0.2) is 0 Å². The predicted molar refractivity (Wildman–Crippen MR) is 66.1 cm³/mol. The molecule has 1 aliphatic heterocycles. The summed E-state index contributed by atoms with van der Waals surface area (Å²) in [5, 5.41) is 0. The van der Waals surface area contributed by atoms with E-state index < -0.39 is 0 Å². The monoisotopic (exact) mass is 232 g/mol. The van der Waals surface area contributed by atoms with E-state index in [4.69, 9.17) is 9.47 Å². The van der Waals surface area contributed by atoms with Gasteiger partial charge in [-0.1, -0.05) is 18.2 Å². The molecule has 3 nitrogen and oxygen atoms in total. The standard InChI is InChI=1S/C14H16O3/c15-9-5-3-1-2-4-6-12-7-8-13-14(10-12)17-11-16-13/h4,6-10H,1-3,5,11H2. The molecule has 1 aliphatic rings. The van der Waals surface area contributed by atoms with Crippen LogP contribution >= 0.6 is 0 Å². The third kappa shape index (κ3) is 3.34. The van der Waals surface area contributed by atoms with Gasteiger partial charge in [0.25, 0.3) is 0 Å². The molecule has 3 heteroatoms. The van der Waals surface area contributed by atoms with E-state index in [9.17, 15) is 4.79 Å². The quantitative estimate of drug-likeness (QED) is 0.558. The van der Waals surface area contributed by atoms with Gasteiger partial charge in [0, 0.05) is 6.42 Å². The van der Waals surface area contributed by atoms with Crippen molar-refractivity contribution >= 4 is 12.4 Å². The van der Waals surface area contributed by atoms with Gasteiger partial charge in [0.2, 0.25) is 6.79 Å². The number of allylic oxidation sites excluding steroid dienone is 1. The molecule has 0 atom stereocenters. The van der Waals surface area contributed by atoms with Crippen molar-refractivity contribution in [2.75, 3.05) is 6.79 Å². The smallest absolute Gasteiger partial charge is 0.231 e. The molecular formula is C14H16O3. The lowest BCUT2D eigenvalue weighted by molar-refractivity contribution is -0.107. The predicted octanol–water partition coefficient (Wildman–Crippen LogP) is 3.19. The molecular weight excluding hydrogens is 216 g/mol. The van der Waals surface area contributed by atoms with E-state index in [1.807, 2.05) is 18.2 Å². The minimum atomic E-state index is 0.314. The first-order valence-corrected chi connectivity index (χ1v) is 5.90. The van der Waals surface area contributed by atoms with Crippen molar-refractivity contribution in [3.63, 3.8) is 0 Å². The van der Waals surface area contributed by atoms with E-state index in [1.165, 1.54) is 0 Å². The highest BCUT2D eigenvalue weighted by Gasteiger charge is 2.11. The second kappa shape index (κ2) is 6.09. The Balaban J connectivity index is 1.82. The van der Waals surface area contributed by atoms with Gasteiger partial charge >= 0.3 is 0 Å². The summed E-state index contributed by atoms with van der Waals surface area (Å²) in [6.07, 6.45) is 8.86. The summed E-state index contributed by atoms with van der Waals surface area (Å²) in [7, 11) is 0. The molecule has 0 aliphatic carbocycles. The summed E-state index contributed by atoms with van der Waals surface area (Å²) in [6, 6.07) is 5.91. The van der Waals surface area contributed by atoms with Crippen molar-refractivity contribution in [3.05, 3.63) is 29.8 Å². The number of hydrogen-bond donors (Lipinski definition) is 0. The van der Waals surface area contributed by atoms with Crippen LogP contribution in [0.1, 0.15) is 31.2 Å². The lowest BCUT2D eigenvalue weighted by Crippen LogP contribution is -1.92. The highest BCUT2D eigenvalue weighted by Crippen LogP contribution is 2.32. The van der Waals surface area contributed by atoms with Crippen LogP contribution < -0.4 is 9.47 Å². The molecule has 1 heterocycles. The van der Waals surface area contributed by atoms with Gasteiger partial charge in [0.05, 0.1) is 0 Å². The molecule has 90 valence electrons. The summed E-state index contributed by atoms with van der Waals surface area (Å²) >= 11 is 0. The van der Waals surface area contributed by atoms with Crippen molar-refractivity contribution in [2.45, 2.75) is 25.7 Å². The molecule has 0 N–H and O–H groups in total. The highest BCUT2D eigenvalue weighted by atomic mass is 16.7. The maximum Gasteiger partial charge on any atom is 0.231 e. The van der Waals surface area contributed by atoms with E-state index in [0.29, 0.717) is 13.2 Å².